The first-order valence-corrected chi connectivity index (χ1v) is 14.9. The van der Waals surface area contributed by atoms with Crippen LogP contribution in [0.2, 0.25) is 5.02 Å². The van der Waals surface area contributed by atoms with Gasteiger partial charge in [-0.15, -0.1) is 0 Å². The Hall–Kier alpha value is -2.45. The van der Waals surface area contributed by atoms with E-state index >= 15 is 0 Å². The van der Waals surface area contributed by atoms with Crippen LogP contribution in [0.15, 0.2) is 42.5 Å². The van der Waals surface area contributed by atoms with Crippen molar-refractivity contribution in [2.45, 2.75) is 76.3 Å². The third kappa shape index (κ3) is 5.73. The molecular weight excluding hydrogens is 512 g/mol. The normalized spacial score (nSPS) is 28.4. The minimum atomic E-state index is -1.00. The van der Waals surface area contributed by atoms with Gasteiger partial charge in [0, 0.05) is 62.3 Å². The largest absolute Gasteiger partial charge is 0.372 e. The molecule has 3 aliphatic heterocycles. The average Bonchev–Trinajstić information content (AvgIpc) is 3.26. The number of hydrogen-bond acceptors (Lipinski definition) is 5. The van der Waals surface area contributed by atoms with Crippen LogP contribution in [-0.4, -0.2) is 76.1 Å². The molecule has 0 radical (unpaired) electrons. The zero-order valence-corrected chi connectivity index (χ0v) is 23.3. The van der Waals surface area contributed by atoms with E-state index in [0.717, 1.165) is 55.3 Å². The molecule has 6 rings (SSSR count). The number of carbonyl (C=O) groups is 2. The summed E-state index contributed by atoms with van der Waals surface area (Å²) in [7, 11) is 0. The van der Waals surface area contributed by atoms with Gasteiger partial charge in [-0.1, -0.05) is 54.8 Å². The highest BCUT2D eigenvalue weighted by Gasteiger charge is 2.39. The van der Waals surface area contributed by atoms with Gasteiger partial charge in [-0.05, 0) is 60.4 Å². The molecule has 3 fully saturated rings. The molecule has 7 nitrogen and oxygen atoms in total. The summed E-state index contributed by atoms with van der Waals surface area (Å²) in [6.07, 6.45) is 5.97. The molecule has 0 bridgehead atoms. The first kappa shape index (κ1) is 26.8. The van der Waals surface area contributed by atoms with Gasteiger partial charge >= 0.3 is 0 Å². The summed E-state index contributed by atoms with van der Waals surface area (Å²) in [6, 6.07) is 14.7. The Morgan fingerprint density at radius 3 is 2.54 bits per heavy atom. The third-order valence-corrected chi connectivity index (χ3v) is 9.71. The number of nitrogens with one attached hydrogen (secondary N) is 1. The highest BCUT2D eigenvalue weighted by molar-refractivity contribution is 6.31. The van der Waals surface area contributed by atoms with Crippen molar-refractivity contribution in [2.24, 2.45) is 5.92 Å². The number of rotatable bonds is 6. The van der Waals surface area contributed by atoms with Gasteiger partial charge in [0.25, 0.3) is 5.91 Å². The second-order valence-corrected chi connectivity index (χ2v) is 12.2. The minimum absolute atomic E-state index is 0.0399. The molecule has 1 aliphatic carbocycles. The molecule has 8 heteroatoms. The van der Waals surface area contributed by atoms with E-state index in [2.05, 4.69) is 39.4 Å². The van der Waals surface area contributed by atoms with E-state index in [-0.39, 0.29) is 17.9 Å². The van der Waals surface area contributed by atoms with E-state index in [1.54, 1.807) is 4.90 Å². The highest BCUT2D eigenvalue weighted by Crippen LogP contribution is 2.34. The van der Waals surface area contributed by atoms with Gasteiger partial charge in [0.2, 0.25) is 5.91 Å². The summed E-state index contributed by atoms with van der Waals surface area (Å²) in [5.41, 5.74) is 4.29. The molecule has 2 aromatic carbocycles. The number of piperidine rings is 1. The van der Waals surface area contributed by atoms with E-state index in [0.29, 0.717) is 31.3 Å². The smallest absolute Gasteiger partial charge is 0.254 e. The predicted molar refractivity (Wildman–Crippen MR) is 151 cm³/mol. The molecule has 39 heavy (non-hydrogen) atoms. The lowest BCUT2D eigenvalue weighted by atomic mass is 9.79. The van der Waals surface area contributed by atoms with Crippen LogP contribution in [0.4, 0.5) is 0 Å². The molecule has 2 saturated heterocycles. The monoisotopic (exact) mass is 550 g/mol. The van der Waals surface area contributed by atoms with Crippen molar-refractivity contribution in [3.63, 3.8) is 0 Å². The maximum atomic E-state index is 13.1. The van der Waals surface area contributed by atoms with Crippen LogP contribution in [0.5, 0.6) is 0 Å². The van der Waals surface area contributed by atoms with Crippen molar-refractivity contribution in [3.8, 4) is 0 Å². The molecule has 208 valence electrons. The van der Waals surface area contributed by atoms with Crippen LogP contribution in [0.3, 0.4) is 0 Å². The van der Waals surface area contributed by atoms with Crippen LogP contribution >= 0.6 is 11.6 Å². The second kappa shape index (κ2) is 11.6. The molecular formula is C31H39ClN4O3. The number of benzene rings is 2. The second-order valence-electron chi connectivity index (χ2n) is 11.8. The van der Waals surface area contributed by atoms with Crippen LogP contribution in [0.25, 0.3) is 0 Å². The number of halogens is 1. The molecule has 2 N–H and O–H groups in total. The number of hydrogen-bond donors (Lipinski definition) is 2. The van der Waals surface area contributed by atoms with Crippen LogP contribution in [-0.2, 0) is 24.3 Å². The fraction of sp³-hybridized carbons (Fsp3) is 0.548. The van der Waals surface area contributed by atoms with Crippen molar-refractivity contribution in [1.82, 2.24) is 20.0 Å². The Bertz CT molecular complexity index is 1210. The lowest BCUT2D eigenvalue weighted by Crippen LogP contribution is -2.55. The fourth-order valence-electron chi connectivity index (χ4n) is 7.22. The van der Waals surface area contributed by atoms with Gasteiger partial charge in [-0.2, -0.15) is 0 Å². The van der Waals surface area contributed by atoms with E-state index < -0.39 is 6.23 Å². The first-order chi connectivity index (χ1) is 19.0. The fourth-order valence-corrected chi connectivity index (χ4v) is 7.41. The number of piperazine rings is 1. The molecule has 4 atom stereocenters. The Labute approximate surface area is 236 Å². The molecule has 2 amide bonds. The summed E-state index contributed by atoms with van der Waals surface area (Å²) < 4.78 is 0. The molecule has 4 aliphatic rings. The molecule has 2 unspecified atom stereocenters. The number of amides is 2. The lowest BCUT2D eigenvalue weighted by molar-refractivity contribution is -0.129. The number of carbonyl (C=O) groups excluding carboxylic acids is 2. The van der Waals surface area contributed by atoms with Crippen molar-refractivity contribution >= 4 is 23.4 Å². The summed E-state index contributed by atoms with van der Waals surface area (Å²) in [6.45, 7) is 5.74. The predicted octanol–water partition coefficient (Wildman–Crippen LogP) is 3.81. The van der Waals surface area contributed by atoms with Crippen molar-refractivity contribution in [1.29, 1.82) is 0 Å². The number of aliphatic hydroxyl groups excluding tert-OH is 1. The SMILES string of the molecule is O=C1CCC(N2Cc3cc(C[C@H]4CCCC[C@@H]4N4CCN(Cc5ccccc5Cl)CC4)ccc3C2=O)C(O)N1. The van der Waals surface area contributed by atoms with E-state index in [1.807, 2.05) is 18.2 Å². The van der Waals surface area contributed by atoms with Gasteiger partial charge in [-0.25, -0.2) is 0 Å². The van der Waals surface area contributed by atoms with E-state index in [9.17, 15) is 14.7 Å². The Morgan fingerprint density at radius 1 is 0.949 bits per heavy atom. The Morgan fingerprint density at radius 2 is 1.74 bits per heavy atom. The molecule has 3 heterocycles. The molecule has 0 spiro atoms. The van der Waals surface area contributed by atoms with Crippen LogP contribution < -0.4 is 5.32 Å². The summed E-state index contributed by atoms with van der Waals surface area (Å²) in [4.78, 5) is 31.7. The van der Waals surface area contributed by atoms with Gasteiger partial charge in [-0.3, -0.25) is 19.4 Å². The quantitative estimate of drug-likeness (QED) is 0.572. The molecule has 2 aromatic rings. The van der Waals surface area contributed by atoms with Crippen molar-refractivity contribution in [3.05, 3.63) is 69.7 Å². The summed E-state index contributed by atoms with van der Waals surface area (Å²) in [5.74, 6) is 0.423. The van der Waals surface area contributed by atoms with Crippen molar-refractivity contribution in [2.75, 3.05) is 26.2 Å². The topological polar surface area (TPSA) is 76.1 Å². The average molecular weight is 551 g/mol. The number of fused-ring (bicyclic) bond motifs is 1. The van der Waals surface area contributed by atoms with Crippen molar-refractivity contribution < 1.29 is 14.7 Å². The zero-order valence-electron chi connectivity index (χ0n) is 22.5. The highest BCUT2D eigenvalue weighted by atomic mass is 35.5. The lowest BCUT2D eigenvalue weighted by Gasteiger charge is -2.44. The molecule has 0 aromatic heterocycles. The van der Waals surface area contributed by atoms with E-state index in [1.165, 1.54) is 36.8 Å². The Balaban J connectivity index is 1.08. The zero-order chi connectivity index (χ0) is 26.9. The minimum Gasteiger partial charge on any atom is -0.372 e. The van der Waals surface area contributed by atoms with Gasteiger partial charge in [0.1, 0.15) is 6.23 Å². The first-order valence-electron chi connectivity index (χ1n) is 14.6. The third-order valence-electron chi connectivity index (χ3n) is 9.34. The number of nitrogens with zero attached hydrogens (tertiary/aromatic N) is 3. The van der Waals surface area contributed by atoms with Gasteiger partial charge < -0.3 is 15.3 Å². The van der Waals surface area contributed by atoms with Gasteiger partial charge in [0.15, 0.2) is 0 Å². The van der Waals surface area contributed by atoms with Crippen LogP contribution in [0.1, 0.15) is 65.6 Å². The summed E-state index contributed by atoms with van der Waals surface area (Å²) in [5, 5.41) is 13.8. The van der Waals surface area contributed by atoms with Crippen LogP contribution in [0, 0.1) is 5.92 Å². The number of aliphatic hydroxyl groups is 1. The molecule has 1 saturated carbocycles. The standard InChI is InChI=1S/C31H39ClN4O3/c32-26-7-3-1-6-23(26)19-34-13-15-35(16-14-34)27-8-4-2-5-22(27)17-21-9-10-25-24(18-21)20-36(31(25)39)28-11-12-29(37)33-30(28)38/h1,3,6-7,9-10,18,22,27-28,30,38H,2,4-5,8,11-17,19-20H2,(H,33,37)/t22-,27+,28?,30?/m1/s1. The maximum Gasteiger partial charge on any atom is 0.254 e. The maximum absolute atomic E-state index is 13.1. The summed E-state index contributed by atoms with van der Waals surface area (Å²) >= 11 is 6.41. The Kier molecular flexibility index (Phi) is 7.94. The van der Waals surface area contributed by atoms with Gasteiger partial charge in [0.05, 0.1) is 6.04 Å². The van der Waals surface area contributed by atoms with E-state index in [4.69, 9.17) is 11.6 Å².